The number of sulfonamides is 1. The van der Waals surface area contributed by atoms with E-state index in [4.69, 9.17) is 11.6 Å². The minimum Gasteiger partial charge on any atom is -0.338 e. The molecule has 0 aliphatic heterocycles. The molecule has 8 heteroatoms. The van der Waals surface area contributed by atoms with Crippen molar-refractivity contribution in [3.63, 3.8) is 0 Å². The molecule has 0 saturated heterocycles. The van der Waals surface area contributed by atoms with Crippen LogP contribution in [-0.4, -0.2) is 45.1 Å². The van der Waals surface area contributed by atoms with Crippen LogP contribution < -0.4 is 10.6 Å². The first-order valence-corrected chi connectivity index (χ1v) is 9.14. The van der Waals surface area contributed by atoms with Crippen LogP contribution in [0.4, 0.5) is 4.79 Å². The highest BCUT2D eigenvalue weighted by molar-refractivity contribution is 7.88. The van der Waals surface area contributed by atoms with E-state index in [0.717, 1.165) is 11.8 Å². The van der Waals surface area contributed by atoms with E-state index in [1.54, 1.807) is 6.07 Å². The van der Waals surface area contributed by atoms with E-state index < -0.39 is 10.0 Å². The van der Waals surface area contributed by atoms with Crippen LogP contribution in [0.25, 0.3) is 0 Å². The van der Waals surface area contributed by atoms with Crippen molar-refractivity contribution < 1.29 is 13.2 Å². The summed E-state index contributed by atoms with van der Waals surface area (Å²) in [6.45, 7) is 2.60. The van der Waals surface area contributed by atoms with Crippen molar-refractivity contribution >= 4 is 27.7 Å². The van der Waals surface area contributed by atoms with E-state index in [0.29, 0.717) is 24.5 Å². The Morgan fingerprint density at radius 3 is 2.59 bits per heavy atom. The molecule has 0 bridgehead atoms. The summed E-state index contributed by atoms with van der Waals surface area (Å²) in [5.41, 5.74) is 0.844. The number of carbonyl (C=O) groups excluding carboxylic acids is 1. The SMILES string of the molecule is CC(NC(=O)NCCCN(C)S(C)(=O)=O)c1ccccc1Cl. The Morgan fingerprint density at radius 2 is 2.00 bits per heavy atom. The molecule has 0 aromatic heterocycles. The summed E-state index contributed by atoms with van der Waals surface area (Å²) in [6, 6.07) is 6.79. The van der Waals surface area contributed by atoms with Crippen molar-refractivity contribution in [2.24, 2.45) is 0 Å². The number of nitrogens with zero attached hydrogens (tertiary/aromatic N) is 1. The fourth-order valence-electron chi connectivity index (χ4n) is 1.82. The van der Waals surface area contributed by atoms with Crippen LogP contribution >= 0.6 is 11.6 Å². The van der Waals surface area contributed by atoms with Gasteiger partial charge in [-0.15, -0.1) is 0 Å². The average molecular weight is 348 g/mol. The molecule has 2 N–H and O–H groups in total. The quantitative estimate of drug-likeness (QED) is 0.740. The third-order valence-electron chi connectivity index (χ3n) is 3.22. The second-order valence-electron chi connectivity index (χ2n) is 5.08. The van der Waals surface area contributed by atoms with Gasteiger partial charge in [-0.3, -0.25) is 0 Å². The summed E-state index contributed by atoms with van der Waals surface area (Å²) in [6.07, 6.45) is 1.69. The number of carbonyl (C=O) groups is 1. The summed E-state index contributed by atoms with van der Waals surface area (Å²) in [4.78, 5) is 11.8. The normalized spacial score (nSPS) is 13.0. The van der Waals surface area contributed by atoms with Crippen LogP contribution in [0.2, 0.25) is 5.02 Å². The topological polar surface area (TPSA) is 78.5 Å². The van der Waals surface area contributed by atoms with Crippen molar-refractivity contribution in [2.75, 3.05) is 26.4 Å². The highest BCUT2D eigenvalue weighted by Crippen LogP contribution is 2.21. The zero-order valence-corrected chi connectivity index (χ0v) is 14.5. The average Bonchev–Trinajstić information content (AvgIpc) is 2.42. The molecule has 2 amide bonds. The zero-order chi connectivity index (χ0) is 16.8. The van der Waals surface area contributed by atoms with Gasteiger partial charge in [-0.25, -0.2) is 17.5 Å². The maximum Gasteiger partial charge on any atom is 0.315 e. The van der Waals surface area contributed by atoms with E-state index >= 15 is 0 Å². The summed E-state index contributed by atoms with van der Waals surface area (Å²) in [5.74, 6) is 0. The molecule has 1 rings (SSSR count). The fraction of sp³-hybridized carbons (Fsp3) is 0.500. The molecule has 0 aliphatic carbocycles. The molecular formula is C14H22ClN3O3S. The molecule has 0 heterocycles. The third kappa shape index (κ3) is 6.21. The maximum absolute atomic E-state index is 11.8. The lowest BCUT2D eigenvalue weighted by molar-refractivity contribution is 0.237. The van der Waals surface area contributed by atoms with Crippen molar-refractivity contribution in [3.8, 4) is 0 Å². The molecule has 1 aromatic carbocycles. The Morgan fingerprint density at radius 1 is 1.36 bits per heavy atom. The molecule has 1 aromatic rings. The molecular weight excluding hydrogens is 326 g/mol. The van der Waals surface area contributed by atoms with Gasteiger partial charge in [-0.2, -0.15) is 0 Å². The molecule has 0 saturated carbocycles. The van der Waals surface area contributed by atoms with Crippen LogP contribution in [0.1, 0.15) is 24.9 Å². The van der Waals surface area contributed by atoms with Gasteiger partial charge >= 0.3 is 6.03 Å². The van der Waals surface area contributed by atoms with Crippen molar-refractivity contribution in [1.82, 2.24) is 14.9 Å². The summed E-state index contributed by atoms with van der Waals surface area (Å²) in [5, 5.41) is 6.09. The minimum atomic E-state index is -3.17. The number of amides is 2. The van der Waals surface area contributed by atoms with Crippen LogP contribution in [0.5, 0.6) is 0 Å². The monoisotopic (exact) mass is 347 g/mol. The van der Waals surface area contributed by atoms with Crippen LogP contribution in [0.3, 0.4) is 0 Å². The lowest BCUT2D eigenvalue weighted by atomic mass is 10.1. The van der Waals surface area contributed by atoms with E-state index in [-0.39, 0.29) is 12.1 Å². The van der Waals surface area contributed by atoms with Crippen molar-refractivity contribution in [1.29, 1.82) is 0 Å². The number of benzene rings is 1. The number of halogens is 1. The van der Waals surface area contributed by atoms with E-state index in [1.165, 1.54) is 11.4 Å². The number of urea groups is 1. The van der Waals surface area contributed by atoms with E-state index in [1.807, 2.05) is 25.1 Å². The van der Waals surface area contributed by atoms with Gasteiger partial charge < -0.3 is 10.6 Å². The summed E-state index contributed by atoms with van der Waals surface area (Å²) in [7, 11) is -1.66. The zero-order valence-electron chi connectivity index (χ0n) is 13.0. The molecule has 0 spiro atoms. The first-order chi connectivity index (χ1) is 10.2. The van der Waals surface area contributed by atoms with Gasteiger partial charge in [0.2, 0.25) is 10.0 Å². The molecule has 0 fully saturated rings. The number of hydrogen-bond donors (Lipinski definition) is 2. The molecule has 1 atom stereocenters. The molecule has 0 aliphatic rings. The third-order valence-corrected chi connectivity index (χ3v) is 4.88. The summed E-state index contributed by atoms with van der Waals surface area (Å²) < 4.78 is 23.7. The Balaban J connectivity index is 2.34. The number of rotatable bonds is 7. The standard InChI is InChI=1S/C14H22ClN3O3S/c1-11(12-7-4-5-8-13(12)15)17-14(19)16-9-6-10-18(2)22(3,20)21/h4-5,7-8,11H,6,9-10H2,1-3H3,(H2,16,17,19). The van der Waals surface area contributed by atoms with Gasteiger partial charge in [0.15, 0.2) is 0 Å². The van der Waals surface area contributed by atoms with Crippen molar-refractivity contribution in [2.45, 2.75) is 19.4 Å². The molecule has 6 nitrogen and oxygen atoms in total. The second kappa shape index (κ2) is 8.36. The number of hydrogen-bond acceptors (Lipinski definition) is 3. The second-order valence-corrected chi connectivity index (χ2v) is 7.58. The Bertz CT molecular complexity index is 607. The highest BCUT2D eigenvalue weighted by atomic mass is 35.5. The lowest BCUT2D eigenvalue weighted by Gasteiger charge is -2.17. The predicted molar refractivity (Wildman–Crippen MR) is 88.5 cm³/mol. The smallest absolute Gasteiger partial charge is 0.315 e. The molecule has 124 valence electrons. The van der Waals surface area contributed by atoms with Gasteiger partial charge in [0.25, 0.3) is 0 Å². The maximum atomic E-state index is 11.8. The first kappa shape index (κ1) is 18.7. The van der Waals surface area contributed by atoms with E-state index in [2.05, 4.69) is 10.6 Å². The van der Waals surface area contributed by atoms with Gasteiger partial charge in [-0.1, -0.05) is 29.8 Å². The Hall–Kier alpha value is -1.31. The Kier molecular flexibility index (Phi) is 7.12. The highest BCUT2D eigenvalue weighted by Gasteiger charge is 2.12. The first-order valence-electron chi connectivity index (χ1n) is 6.92. The van der Waals surface area contributed by atoms with Gasteiger partial charge in [-0.05, 0) is 25.0 Å². The van der Waals surface area contributed by atoms with Gasteiger partial charge in [0.1, 0.15) is 0 Å². The predicted octanol–water partition coefficient (Wildman–Crippen LogP) is 1.98. The lowest BCUT2D eigenvalue weighted by Crippen LogP contribution is -2.38. The van der Waals surface area contributed by atoms with Crippen LogP contribution in [0, 0.1) is 0 Å². The van der Waals surface area contributed by atoms with Crippen molar-refractivity contribution in [3.05, 3.63) is 34.9 Å². The van der Waals surface area contributed by atoms with Gasteiger partial charge in [0.05, 0.1) is 12.3 Å². The molecule has 0 radical (unpaired) electrons. The largest absolute Gasteiger partial charge is 0.338 e. The van der Waals surface area contributed by atoms with Crippen LogP contribution in [0.15, 0.2) is 24.3 Å². The summed E-state index contributed by atoms with van der Waals surface area (Å²) >= 11 is 6.07. The van der Waals surface area contributed by atoms with Crippen LogP contribution in [-0.2, 0) is 10.0 Å². The fourth-order valence-corrected chi connectivity index (χ4v) is 2.58. The Labute approximate surface area is 136 Å². The van der Waals surface area contributed by atoms with Gasteiger partial charge in [0, 0.05) is 25.2 Å². The molecule has 22 heavy (non-hydrogen) atoms. The number of nitrogens with one attached hydrogen (secondary N) is 2. The minimum absolute atomic E-state index is 0.215. The van der Waals surface area contributed by atoms with E-state index in [9.17, 15) is 13.2 Å². The molecule has 1 unspecified atom stereocenters.